The lowest BCUT2D eigenvalue weighted by Gasteiger charge is -2.28. The molecule has 0 amide bonds. The third kappa shape index (κ3) is 5.71. The third-order valence-corrected chi connectivity index (χ3v) is 4.20. The number of nitrogens with one attached hydrogen (secondary N) is 1. The zero-order valence-electron chi connectivity index (χ0n) is 16.0. The van der Waals surface area contributed by atoms with E-state index in [2.05, 4.69) is 20.1 Å². The molecule has 0 saturated heterocycles. The molecule has 0 unspecified atom stereocenters. The van der Waals surface area contributed by atoms with Crippen molar-refractivity contribution in [2.45, 2.75) is 52.1 Å². The minimum atomic E-state index is -4.47. The number of hydrogen-bond acceptors (Lipinski definition) is 5. The molecular formula is C17H18ClF5N4O3. The summed E-state index contributed by atoms with van der Waals surface area (Å²) in [5.74, 6) is -2.04. The van der Waals surface area contributed by atoms with Crippen molar-refractivity contribution < 1.29 is 36.6 Å². The Labute approximate surface area is 172 Å². The van der Waals surface area contributed by atoms with E-state index in [-0.39, 0.29) is 28.6 Å². The molecule has 0 atom stereocenters. The van der Waals surface area contributed by atoms with Crippen LogP contribution in [0.5, 0.6) is 5.75 Å². The van der Waals surface area contributed by atoms with E-state index in [1.165, 1.54) is 18.5 Å². The van der Waals surface area contributed by atoms with Gasteiger partial charge in [0.1, 0.15) is 16.6 Å². The monoisotopic (exact) mass is 456 g/mol. The Morgan fingerprint density at radius 1 is 1.37 bits per heavy atom. The van der Waals surface area contributed by atoms with Gasteiger partial charge in [-0.3, -0.25) is 4.68 Å². The summed E-state index contributed by atoms with van der Waals surface area (Å²) in [6, 6.07) is 0.989. The van der Waals surface area contributed by atoms with E-state index in [0.29, 0.717) is 0 Å². The Hall–Kier alpha value is -2.63. The van der Waals surface area contributed by atoms with Crippen LogP contribution in [0.3, 0.4) is 0 Å². The van der Waals surface area contributed by atoms with E-state index < -0.39 is 42.2 Å². The molecule has 30 heavy (non-hydrogen) atoms. The summed E-state index contributed by atoms with van der Waals surface area (Å²) in [5.41, 5.74) is -2.11. The molecule has 2 aromatic rings. The quantitative estimate of drug-likeness (QED) is 0.540. The number of hydrogen-bond donors (Lipinski definition) is 2. The van der Waals surface area contributed by atoms with Crippen molar-refractivity contribution in [3.8, 4) is 17.0 Å². The number of aromatic carboxylic acids is 1. The molecule has 2 N–H and O–H groups in total. The number of halogens is 6. The van der Waals surface area contributed by atoms with Crippen molar-refractivity contribution in [1.29, 1.82) is 0 Å². The lowest BCUT2D eigenvalue weighted by molar-refractivity contribution is -0.142. The predicted octanol–water partition coefficient (Wildman–Crippen LogP) is 5.06. The first-order valence-corrected chi connectivity index (χ1v) is 8.91. The van der Waals surface area contributed by atoms with Gasteiger partial charge in [0.25, 0.3) is 0 Å². The maximum Gasteiger partial charge on any atom is 0.391 e. The van der Waals surface area contributed by atoms with Crippen molar-refractivity contribution in [3.63, 3.8) is 0 Å². The molecule has 0 radical (unpaired) electrons. The molecule has 7 nitrogen and oxygen atoms in total. The standard InChI is InChI=1S/C17H18ClF5N4O3/c1-4-27-13(11(18)12(26-27)14(28)29)8-6-24-10(5-9(8)30-15(19)20)25-16(2,3)7-17(21,22)23/h5-6,15H,4,7H2,1-3H3,(H,24,25)(H,28,29). The number of carbonyl (C=O) groups is 1. The number of alkyl halides is 5. The summed E-state index contributed by atoms with van der Waals surface area (Å²) in [5, 5.41) is 15.2. The Morgan fingerprint density at radius 3 is 2.50 bits per heavy atom. The van der Waals surface area contributed by atoms with Crippen LogP contribution >= 0.6 is 11.6 Å². The zero-order valence-corrected chi connectivity index (χ0v) is 16.8. The highest BCUT2D eigenvalue weighted by atomic mass is 35.5. The number of aryl methyl sites for hydroxylation is 1. The highest BCUT2D eigenvalue weighted by molar-refractivity contribution is 6.35. The molecule has 0 saturated carbocycles. The normalized spacial score (nSPS) is 12.3. The molecular weight excluding hydrogens is 439 g/mol. The molecule has 0 fully saturated rings. The van der Waals surface area contributed by atoms with Crippen LogP contribution < -0.4 is 10.1 Å². The second kappa shape index (κ2) is 8.62. The number of carboxylic acid groups (broad SMARTS) is 1. The molecule has 0 aromatic carbocycles. The Balaban J connectivity index is 2.54. The van der Waals surface area contributed by atoms with E-state index in [4.69, 9.17) is 11.6 Å². The number of ether oxygens (including phenoxy) is 1. The molecule has 0 aliphatic carbocycles. The first-order chi connectivity index (χ1) is 13.7. The van der Waals surface area contributed by atoms with Crippen LogP contribution in [0.2, 0.25) is 5.02 Å². The van der Waals surface area contributed by atoms with Gasteiger partial charge in [0.05, 0.1) is 17.7 Å². The van der Waals surface area contributed by atoms with Crippen LogP contribution in [0, 0.1) is 0 Å². The highest BCUT2D eigenvalue weighted by Crippen LogP contribution is 2.39. The summed E-state index contributed by atoms with van der Waals surface area (Å²) < 4.78 is 69.8. The van der Waals surface area contributed by atoms with Gasteiger partial charge >= 0.3 is 18.8 Å². The summed E-state index contributed by atoms with van der Waals surface area (Å²) in [6.07, 6.45) is -4.62. The largest absolute Gasteiger partial charge is 0.476 e. The van der Waals surface area contributed by atoms with Crippen molar-refractivity contribution in [2.75, 3.05) is 5.32 Å². The van der Waals surface area contributed by atoms with E-state index >= 15 is 0 Å². The Bertz CT molecular complexity index is 931. The molecule has 0 spiro atoms. The summed E-state index contributed by atoms with van der Waals surface area (Å²) in [4.78, 5) is 15.3. The lowest BCUT2D eigenvalue weighted by atomic mass is 10.0. The second-order valence-corrected chi connectivity index (χ2v) is 7.26. The second-order valence-electron chi connectivity index (χ2n) is 6.88. The van der Waals surface area contributed by atoms with E-state index in [0.717, 1.165) is 12.3 Å². The Kier molecular flexibility index (Phi) is 6.80. The van der Waals surface area contributed by atoms with E-state index in [9.17, 15) is 31.9 Å². The van der Waals surface area contributed by atoms with E-state index in [1.54, 1.807) is 6.92 Å². The van der Waals surface area contributed by atoms with Crippen LogP contribution in [-0.2, 0) is 6.54 Å². The van der Waals surface area contributed by atoms with Gasteiger partial charge in [-0.25, -0.2) is 9.78 Å². The van der Waals surface area contributed by atoms with Crippen LogP contribution in [0.15, 0.2) is 12.3 Å². The molecule has 2 rings (SSSR count). The number of rotatable bonds is 8. The molecule has 0 aliphatic rings. The first kappa shape index (κ1) is 23.6. The molecule has 0 bridgehead atoms. The maximum atomic E-state index is 13.0. The van der Waals surface area contributed by atoms with Gasteiger partial charge in [0.15, 0.2) is 5.69 Å². The Morgan fingerprint density at radius 2 is 2.00 bits per heavy atom. The highest BCUT2D eigenvalue weighted by Gasteiger charge is 2.37. The molecule has 166 valence electrons. The van der Waals surface area contributed by atoms with Crippen LogP contribution in [0.4, 0.5) is 27.8 Å². The minimum Gasteiger partial charge on any atom is -0.476 e. The SMILES string of the molecule is CCn1nc(C(=O)O)c(Cl)c1-c1cnc(NC(C)(C)CC(F)(F)F)cc1OC(F)F. The molecule has 2 aromatic heterocycles. The molecule has 13 heteroatoms. The van der Waals surface area contributed by atoms with Crippen LogP contribution in [0.1, 0.15) is 37.7 Å². The van der Waals surface area contributed by atoms with Gasteiger partial charge in [-0.15, -0.1) is 0 Å². The molecule has 2 heterocycles. The lowest BCUT2D eigenvalue weighted by Crippen LogP contribution is -2.36. The fourth-order valence-corrected chi connectivity index (χ4v) is 3.15. The number of pyridine rings is 1. The number of anilines is 1. The first-order valence-electron chi connectivity index (χ1n) is 8.54. The van der Waals surface area contributed by atoms with Gasteiger partial charge in [-0.1, -0.05) is 11.6 Å². The van der Waals surface area contributed by atoms with Crippen LogP contribution in [0.25, 0.3) is 11.3 Å². The number of nitrogens with zero attached hydrogens (tertiary/aromatic N) is 3. The number of carboxylic acids is 1. The summed E-state index contributed by atoms with van der Waals surface area (Å²) >= 11 is 6.09. The maximum absolute atomic E-state index is 13.0. The van der Waals surface area contributed by atoms with E-state index in [1.807, 2.05) is 0 Å². The summed E-state index contributed by atoms with van der Waals surface area (Å²) in [6.45, 7) is 1.04. The van der Waals surface area contributed by atoms with Gasteiger partial charge in [-0.2, -0.15) is 27.1 Å². The minimum absolute atomic E-state index is 0.0270. The molecule has 0 aliphatic heterocycles. The van der Waals surface area contributed by atoms with Gasteiger partial charge in [-0.05, 0) is 20.8 Å². The third-order valence-electron chi connectivity index (χ3n) is 3.84. The topological polar surface area (TPSA) is 89.3 Å². The smallest absolute Gasteiger partial charge is 0.391 e. The predicted molar refractivity (Wildman–Crippen MR) is 98.1 cm³/mol. The van der Waals surface area contributed by atoms with Gasteiger partial charge in [0, 0.05) is 24.3 Å². The fraction of sp³-hybridized carbons (Fsp3) is 0.471. The average molecular weight is 457 g/mol. The fourth-order valence-electron chi connectivity index (χ4n) is 2.83. The van der Waals surface area contributed by atoms with Crippen molar-refractivity contribution in [3.05, 3.63) is 23.0 Å². The summed E-state index contributed by atoms with van der Waals surface area (Å²) in [7, 11) is 0. The average Bonchev–Trinajstić information content (AvgIpc) is 2.88. The van der Waals surface area contributed by atoms with Gasteiger partial charge in [0.2, 0.25) is 0 Å². The van der Waals surface area contributed by atoms with Crippen molar-refractivity contribution in [2.24, 2.45) is 0 Å². The van der Waals surface area contributed by atoms with Crippen LogP contribution in [-0.4, -0.2) is 44.2 Å². The number of aromatic nitrogens is 3. The van der Waals surface area contributed by atoms with Crippen molar-refractivity contribution in [1.82, 2.24) is 14.8 Å². The van der Waals surface area contributed by atoms with Gasteiger partial charge < -0.3 is 15.2 Å². The van der Waals surface area contributed by atoms with Crippen molar-refractivity contribution >= 4 is 23.4 Å². The zero-order chi connectivity index (χ0) is 22.9.